The zero-order chi connectivity index (χ0) is 10.8. The summed E-state index contributed by atoms with van der Waals surface area (Å²) >= 11 is 0. The minimum atomic E-state index is -0.0582. The highest BCUT2D eigenvalue weighted by atomic mass is 19.1. The average Bonchev–Trinajstić information content (AvgIpc) is 2.74. The molecule has 0 aromatic heterocycles. The number of hydrogen-bond donors (Lipinski definition) is 2. The van der Waals surface area contributed by atoms with Crippen molar-refractivity contribution in [3.63, 3.8) is 0 Å². The highest BCUT2D eigenvalue weighted by molar-refractivity contribution is 5.46. The van der Waals surface area contributed by atoms with E-state index in [-0.39, 0.29) is 5.83 Å². The third-order valence-electron chi connectivity index (χ3n) is 3.08. The first-order chi connectivity index (χ1) is 7.18. The molecule has 0 radical (unpaired) electrons. The van der Waals surface area contributed by atoms with E-state index in [1.54, 1.807) is 6.08 Å². The van der Waals surface area contributed by atoms with Gasteiger partial charge >= 0.3 is 0 Å². The monoisotopic (exact) mass is 208 g/mol. The first kappa shape index (κ1) is 10.3. The molecule has 0 amide bonds. The summed E-state index contributed by atoms with van der Waals surface area (Å²) in [4.78, 5) is 0. The molecule has 3 N–H and O–H groups in total. The van der Waals surface area contributed by atoms with Gasteiger partial charge in [-0.05, 0) is 37.8 Å². The second-order valence-corrected chi connectivity index (χ2v) is 4.16. The molecule has 1 saturated heterocycles. The van der Waals surface area contributed by atoms with Gasteiger partial charge in [0.05, 0.1) is 0 Å². The molecule has 3 heteroatoms. The second-order valence-electron chi connectivity index (χ2n) is 4.16. The van der Waals surface area contributed by atoms with Crippen LogP contribution in [0.4, 0.5) is 4.39 Å². The Balaban J connectivity index is 2.33. The van der Waals surface area contributed by atoms with Crippen LogP contribution in [-0.4, -0.2) is 6.54 Å². The van der Waals surface area contributed by atoms with Gasteiger partial charge in [-0.25, -0.2) is 4.39 Å². The fraction of sp³-hybridized carbons (Fsp3) is 0.500. The van der Waals surface area contributed by atoms with Gasteiger partial charge in [-0.15, -0.1) is 0 Å². The lowest BCUT2D eigenvalue weighted by Crippen LogP contribution is -2.11. The van der Waals surface area contributed by atoms with E-state index < -0.39 is 0 Å². The SMILES string of the molecule is C/C(C1=C(N)CCC(F)=C1)=C1/CCCN1. The van der Waals surface area contributed by atoms with Crippen molar-refractivity contribution in [3.8, 4) is 0 Å². The van der Waals surface area contributed by atoms with Crippen molar-refractivity contribution in [2.45, 2.75) is 32.6 Å². The number of nitrogens with one attached hydrogen (secondary N) is 1. The molecule has 82 valence electrons. The van der Waals surface area contributed by atoms with E-state index in [1.807, 2.05) is 6.92 Å². The molecule has 15 heavy (non-hydrogen) atoms. The zero-order valence-electron chi connectivity index (χ0n) is 9.07. The topological polar surface area (TPSA) is 38.0 Å². The summed E-state index contributed by atoms with van der Waals surface area (Å²) in [6.07, 6.45) is 4.89. The molecule has 0 aromatic rings. The van der Waals surface area contributed by atoms with Gasteiger partial charge in [-0.2, -0.15) is 0 Å². The van der Waals surface area contributed by atoms with E-state index in [9.17, 15) is 4.39 Å². The summed E-state index contributed by atoms with van der Waals surface area (Å²) in [6.45, 7) is 3.04. The number of nitrogens with two attached hydrogens (primary N) is 1. The highest BCUT2D eigenvalue weighted by Gasteiger charge is 2.16. The lowest BCUT2D eigenvalue weighted by Gasteiger charge is -2.16. The third-order valence-corrected chi connectivity index (χ3v) is 3.08. The molecule has 1 fully saturated rings. The van der Waals surface area contributed by atoms with E-state index in [4.69, 9.17) is 5.73 Å². The first-order valence-corrected chi connectivity index (χ1v) is 5.47. The van der Waals surface area contributed by atoms with Gasteiger partial charge in [0, 0.05) is 29.9 Å². The summed E-state index contributed by atoms with van der Waals surface area (Å²) in [6, 6.07) is 0. The minimum Gasteiger partial charge on any atom is -0.402 e. The Bertz CT molecular complexity index is 356. The molecule has 1 aliphatic heterocycles. The normalized spacial score (nSPS) is 25.1. The molecule has 0 unspecified atom stereocenters. The largest absolute Gasteiger partial charge is 0.402 e. The predicted octanol–water partition coefficient (Wildman–Crippen LogP) is 2.50. The van der Waals surface area contributed by atoms with Crippen LogP contribution < -0.4 is 11.1 Å². The Morgan fingerprint density at radius 3 is 2.87 bits per heavy atom. The van der Waals surface area contributed by atoms with Gasteiger partial charge < -0.3 is 11.1 Å². The molecule has 2 aliphatic rings. The molecular weight excluding hydrogens is 191 g/mol. The fourth-order valence-electron chi connectivity index (χ4n) is 2.13. The van der Waals surface area contributed by atoms with Crippen molar-refractivity contribution in [3.05, 3.63) is 34.4 Å². The molecule has 0 bridgehead atoms. The minimum absolute atomic E-state index is 0.0582. The van der Waals surface area contributed by atoms with Crippen molar-refractivity contribution in [1.29, 1.82) is 0 Å². The van der Waals surface area contributed by atoms with Crippen molar-refractivity contribution in [1.82, 2.24) is 5.32 Å². The quantitative estimate of drug-likeness (QED) is 0.695. The summed E-state index contributed by atoms with van der Waals surface area (Å²) in [5.41, 5.74) is 9.96. The van der Waals surface area contributed by atoms with Crippen LogP contribution in [0.1, 0.15) is 32.6 Å². The van der Waals surface area contributed by atoms with E-state index >= 15 is 0 Å². The predicted molar refractivity (Wildman–Crippen MR) is 59.6 cm³/mol. The van der Waals surface area contributed by atoms with Crippen LogP contribution in [-0.2, 0) is 0 Å². The fourth-order valence-corrected chi connectivity index (χ4v) is 2.13. The van der Waals surface area contributed by atoms with E-state index in [2.05, 4.69) is 5.32 Å². The van der Waals surface area contributed by atoms with E-state index in [0.29, 0.717) is 12.8 Å². The maximum atomic E-state index is 13.2. The Morgan fingerprint density at radius 2 is 2.20 bits per heavy atom. The maximum Gasteiger partial charge on any atom is 0.101 e. The van der Waals surface area contributed by atoms with Crippen LogP contribution in [0.2, 0.25) is 0 Å². The standard InChI is InChI=1S/C12H17FN2/c1-8(12-3-2-6-15-12)10-7-9(13)4-5-11(10)14/h7,15H,2-6,14H2,1H3/b12-8+. The van der Waals surface area contributed by atoms with Crippen molar-refractivity contribution < 1.29 is 4.39 Å². The summed E-state index contributed by atoms with van der Waals surface area (Å²) in [7, 11) is 0. The van der Waals surface area contributed by atoms with Gasteiger partial charge in [-0.3, -0.25) is 0 Å². The van der Waals surface area contributed by atoms with Crippen molar-refractivity contribution in [2.75, 3.05) is 6.54 Å². The zero-order valence-corrected chi connectivity index (χ0v) is 9.07. The van der Waals surface area contributed by atoms with Gasteiger partial charge in [0.25, 0.3) is 0 Å². The van der Waals surface area contributed by atoms with Crippen molar-refractivity contribution >= 4 is 0 Å². The number of hydrogen-bond acceptors (Lipinski definition) is 2. The highest BCUT2D eigenvalue weighted by Crippen LogP contribution is 2.29. The molecule has 0 aromatic carbocycles. The summed E-state index contributed by atoms with van der Waals surface area (Å²) in [5, 5.41) is 3.33. The summed E-state index contributed by atoms with van der Waals surface area (Å²) in [5.74, 6) is -0.0582. The number of halogens is 1. The molecule has 1 heterocycles. The number of rotatable bonds is 1. The second kappa shape index (κ2) is 4.09. The summed E-state index contributed by atoms with van der Waals surface area (Å²) < 4.78 is 13.2. The first-order valence-electron chi connectivity index (χ1n) is 5.47. The van der Waals surface area contributed by atoms with Crippen LogP contribution >= 0.6 is 0 Å². The van der Waals surface area contributed by atoms with Crippen molar-refractivity contribution in [2.24, 2.45) is 5.73 Å². The van der Waals surface area contributed by atoms with Gasteiger partial charge in [-0.1, -0.05) is 0 Å². The Kier molecular flexibility index (Phi) is 2.80. The molecule has 0 spiro atoms. The third kappa shape index (κ3) is 2.06. The molecular formula is C12H17FN2. The molecule has 1 aliphatic carbocycles. The molecule has 2 nitrogen and oxygen atoms in total. The van der Waals surface area contributed by atoms with Crippen LogP contribution in [0, 0.1) is 0 Å². The lowest BCUT2D eigenvalue weighted by atomic mass is 9.95. The Labute approximate surface area is 89.7 Å². The van der Waals surface area contributed by atoms with E-state index in [0.717, 1.165) is 36.2 Å². The van der Waals surface area contributed by atoms with Gasteiger partial charge in [0.15, 0.2) is 0 Å². The Hall–Kier alpha value is -1.25. The molecule has 0 atom stereocenters. The van der Waals surface area contributed by atoms with Crippen LogP contribution in [0.25, 0.3) is 0 Å². The molecule has 2 rings (SSSR count). The van der Waals surface area contributed by atoms with Crippen LogP contribution in [0.15, 0.2) is 34.4 Å². The molecule has 0 saturated carbocycles. The Morgan fingerprint density at radius 1 is 1.40 bits per heavy atom. The van der Waals surface area contributed by atoms with Crippen LogP contribution in [0.3, 0.4) is 0 Å². The average molecular weight is 208 g/mol. The van der Waals surface area contributed by atoms with E-state index in [1.165, 1.54) is 5.70 Å². The lowest BCUT2D eigenvalue weighted by molar-refractivity contribution is 0.578. The van der Waals surface area contributed by atoms with Crippen LogP contribution in [0.5, 0.6) is 0 Å². The maximum absolute atomic E-state index is 13.2. The number of allylic oxidation sites excluding steroid dienone is 6. The van der Waals surface area contributed by atoms with Gasteiger partial charge in [0.2, 0.25) is 0 Å². The smallest absolute Gasteiger partial charge is 0.101 e. The van der Waals surface area contributed by atoms with Gasteiger partial charge in [0.1, 0.15) is 5.83 Å².